The van der Waals surface area contributed by atoms with E-state index in [-0.39, 0.29) is 0 Å². The fourth-order valence-corrected chi connectivity index (χ4v) is 3.28. The molecule has 0 radical (unpaired) electrons. The van der Waals surface area contributed by atoms with Gasteiger partial charge in [-0.25, -0.2) is 4.98 Å². The summed E-state index contributed by atoms with van der Waals surface area (Å²) in [7, 11) is 0. The standard InChI is InChI=1S/C14H10N4S/c1-9-3-2-4-10(5-9)12-6-11-13(19-12)14-17-16-8-18(14)7-15-11/h2-8H,1H3. The molecule has 19 heavy (non-hydrogen) atoms. The zero-order valence-corrected chi connectivity index (χ0v) is 11.1. The molecular formula is C14H10N4S. The van der Waals surface area contributed by atoms with Crippen LogP contribution in [0.3, 0.4) is 0 Å². The lowest BCUT2D eigenvalue weighted by atomic mass is 10.1. The first-order valence-corrected chi connectivity index (χ1v) is 6.78. The van der Waals surface area contributed by atoms with Crippen molar-refractivity contribution >= 4 is 27.2 Å². The van der Waals surface area contributed by atoms with Crippen LogP contribution in [-0.2, 0) is 0 Å². The van der Waals surface area contributed by atoms with Gasteiger partial charge in [-0.15, -0.1) is 21.5 Å². The number of hydrogen-bond donors (Lipinski definition) is 0. The predicted octanol–water partition coefficient (Wildman–Crippen LogP) is 3.31. The third-order valence-electron chi connectivity index (χ3n) is 3.11. The predicted molar refractivity (Wildman–Crippen MR) is 76.3 cm³/mol. The van der Waals surface area contributed by atoms with E-state index in [4.69, 9.17) is 0 Å². The summed E-state index contributed by atoms with van der Waals surface area (Å²) in [4.78, 5) is 5.65. The Morgan fingerprint density at radius 3 is 3.00 bits per heavy atom. The maximum absolute atomic E-state index is 4.44. The molecule has 0 amide bonds. The molecule has 0 aliphatic heterocycles. The van der Waals surface area contributed by atoms with Crippen molar-refractivity contribution in [3.8, 4) is 10.4 Å². The van der Waals surface area contributed by atoms with E-state index < -0.39 is 0 Å². The maximum atomic E-state index is 4.44. The molecule has 0 saturated carbocycles. The third-order valence-corrected chi connectivity index (χ3v) is 4.28. The quantitative estimate of drug-likeness (QED) is 0.531. The highest BCUT2D eigenvalue weighted by atomic mass is 32.1. The molecule has 4 aromatic rings. The minimum Gasteiger partial charge on any atom is -0.271 e. The van der Waals surface area contributed by atoms with Gasteiger partial charge < -0.3 is 0 Å². The summed E-state index contributed by atoms with van der Waals surface area (Å²) in [6, 6.07) is 10.6. The van der Waals surface area contributed by atoms with Gasteiger partial charge in [0, 0.05) is 4.88 Å². The smallest absolute Gasteiger partial charge is 0.181 e. The molecule has 3 aromatic heterocycles. The molecule has 0 saturated heterocycles. The lowest BCUT2D eigenvalue weighted by Gasteiger charge is -1.97. The van der Waals surface area contributed by atoms with Crippen LogP contribution in [0.15, 0.2) is 43.0 Å². The van der Waals surface area contributed by atoms with Crippen LogP contribution in [0.5, 0.6) is 0 Å². The van der Waals surface area contributed by atoms with Crippen molar-refractivity contribution in [1.29, 1.82) is 0 Å². The van der Waals surface area contributed by atoms with Gasteiger partial charge in [0.1, 0.15) is 12.7 Å². The number of thiophene rings is 1. The van der Waals surface area contributed by atoms with Crippen molar-refractivity contribution in [1.82, 2.24) is 19.6 Å². The van der Waals surface area contributed by atoms with Crippen LogP contribution >= 0.6 is 11.3 Å². The second-order valence-corrected chi connectivity index (χ2v) is 5.55. The third kappa shape index (κ3) is 1.62. The fraction of sp³-hybridized carbons (Fsp3) is 0.0714. The van der Waals surface area contributed by atoms with Crippen molar-refractivity contribution in [3.05, 3.63) is 48.5 Å². The molecule has 3 heterocycles. The Hall–Kier alpha value is -2.27. The second kappa shape index (κ2) is 3.86. The van der Waals surface area contributed by atoms with E-state index in [1.54, 1.807) is 24.0 Å². The van der Waals surface area contributed by atoms with Crippen molar-refractivity contribution in [2.75, 3.05) is 0 Å². The first-order valence-electron chi connectivity index (χ1n) is 5.96. The van der Waals surface area contributed by atoms with E-state index in [9.17, 15) is 0 Å². The van der Waals surface area contributed by atoms with Crippen LogP contribution in [0.25, 0.3) is 26.3 Å². The van der Waals surface area contributed by atoms with E-state index in [1.807, 2.05) is 4.40 Å². The summed E-state index contributed by atoms with van der Waals surface area (Å²) in [5.74, 6) is 0. The molecule has 4 nitrogen and oxygen atoms in total. The molecule has 0 aliphatic rings. The van der Waals surface area contributed by atoms with E-state index in [0.29, 0.717) is 0 Å². The number of nitrogens with zero attached hydrogens (tertiary/aromatic N) is 4. The Balaban J connectivity index is 2.01. The van der Waals surface area contributed by atoms with E-state index in [2.05, 4.69) is 52.4 Å². The lowest BCUT2D eigenvalue weighted by Crippen LogP contribution is -1.84. The van der Waals surface area contributed by atoms with Gasteiger partial charge >= 0.3 is 0 Å². The van der Waals surface area contributed by atoms with Crippen molar-refractivity contribution in [2.24, 2.45) is 0 Å². The molecule has 5 heteroatoms. The van der Waals surface area contributed by atoms with Crippen LogP contribution < -0.4 is 0 Å². The highest BCUT2D eigenvalue weighted by Gasteiger charge is 2.10. The Morgan fingerprint density at radius 1 is 1.16 bits per heavy atom. The minimum absolute atomic E-state index is 0.869. The number of hydrogen-bond acceptors (Lipinski definition) is 4. The summed E-state index contributed by atoms with van der Waals surface area (Å²) in [5, 5.41) is 8.08. The first-order chi connectivity index (χ1) is 9.31. The van der Waals surface area contributed by atoms with Gasteiger partial charge in [0.15, 0.2) is 5.65 Å². The zero-order valence-electron chi connectivity index (χ0n) is 10.2. The monoisotopic (exact) mass is 266 g/mol. The molecule has 1 aromatic carbocycles. The average Bonchev–Trinajstić information content (AvgIpc) is 3.04. The number of benzene rings is 1. The van der Waals surface area contributed by atoms with Gasteiger partial charge in [-0.2, -0.15) is 0 Å². The molecule has 0 bridgehead atoms. The Labute approximate surface area is 113 Å². The molecule has 0 N–H and O–H groups in total. The van der Waals surface area contributed by atoms with Gasteiger partial charge in [0.05, 0.1) is 10.2 Å². The van der Waals surface area contributed by atoms with Gasteiger partial charge in [0.25, 0.3) is 0 Å². The van der Waals surface area contributed by atoms with E-state index in [1.165, 1.54) is 16.0 Å². The van der Waals surface area contributed by atoms with Crippen LogP contribution in [0, 0.1) is 6.92 Å². The summed E-state index contributed by atoms with van der Waals surface area (Å²) in [6.07, 6.45) is 3.43. The average molecular weight is 266 g/mol. The van der Waals surface area contributed by atoms with Gasteiger partial charge in [-0.3, -0.25) is 4.40 Å². The van der Waals surface area contributed by atoms with Crippen LogP contribution in [0.2, 0.25) is 0 Å². The number of aryl methyl sites for hydroxylation is 1. The molecule has 4 rings (SSSR count). The molecular weight excluding hydrogens is 256 g/mol. The first kappa shape index (κ1) is 10.6. The fourth-order valence-electron chi connectivity index (χ4n) is 2.19. The largest absolute Gasteiger partial charge is 0.271 e. The number of aromatic nitrogens is 4. The summed E-state index contributed by atoms with van der Waals surface area (Å²) < 4.78 is 2.93. The lowest BCUT2D eigenvalue weighted by molar-refractivity contribution is 1.08. The number of rotatable bonds is 1. The summed E-state index contributed by atoms with van der Waals surface area (Å²) in [5.41, 5.74) is 4.33. The van der Waals surface area contributed by atoms with Crippen molar-refractivity contribution < 1.29 is 0 Å². The highest BCUT2D eigenvalue weighted by molar-refractivity contribution is 7.22. The summed E-state index contributed by atoms with van der Waals surface area (Å²) in [6.45, 7) is 2.10. The van der Waals surface area contributed by atoms with E-state index >= 15 is 0 Å². The molecule has 0 unspecified atom stereocenters. The Bertz CT molecular complexity index is 891. The molecule has 0 fully saturated rings. The Kier molecular flexibility index (Phi) is 2.16. The van der Waals surface area contributed by atoms with Gasteiger partial charge in [-0.1, -0.05) is 29.8 Å². The topological polar surface area (TPSA) is 43.1 Å². The molecule has 0 atom stereocenters. The van der Waals surface area contributed by atoms with Crippen LogP contribution in [0.1, 0.15) is 5.56 Å². The van der Waals surface area contributed by atoms with E-state index in [0.717, 1.165) is 15.9 Å². The zero-order chi connectivity index (χ0) is 12.8. The maximum Gasteiger partial charge on any atom is 0.181 e. The SMILES string of the molecule is Cc1cccc(-c2cc3ncn4cnnc4c3s2)c1. The van der Waals surface area contributed by atoms with Gasteiger partial charge in [-0.05, 0) is 18.6 Å². The molecule has 0 spiro atoms. The van der Waals surface area contributed by atoms with Crippen LogP contribution in [0.4, 0.5) is 0 Å². The number of fused-ring (bicyclic) bond motifs is 3. The second-order valence-electron chi connectivity index (χ2n) is 4.50. The van der Waals surface area contributed by atoms with Crippen molar-refractivity contribution in [3.63, 3.8) is 0 Å². The Morgan fingerprint density at radius 2 is 2.11 bits per heavy atom. The van der Waals surface area contributed by atoms with Gasteiger partial charge in [0.2, 0.25) is 0 Å². The molecule has 0 aliphatic carbocycles. The van der Waals surface area contributed by atoms with Crippen LogP contribution in [-0.4, -0.2) is 19.6 Å². The molecule has 92 valence electrons. The highest BCUT2D eigenvalue weighted by Crippen LogP contribution is 2.34. The summed E-state index contributed by atoms with van der Waals surface area (Å²) >= 11 is 1.71. The normalized spacial score (nSPS) is 11.4. The van der Waals surface area contributed by atoms with Crippen molar-refractivity contribution in [2.45, 2.75) is 6.92 Å². The minimum atomic E-state index is 0.869.